The van der Waals surface area contributed by atoms with Crippen LogP contribution in [0.25, 0.3) is 11.5 Å². The minimum atomic E-state index is -3.47. The van der Waals surface area contributed by atoms with Crippen LogP contribution in [0.5, 0.6) is 0 Å². The monoisotopic (exact) mass is 482 g/mol. The molecule has 1 saturated heterocycles. The fourth-order valence-corrected chi connectivity index (χ4v) is 4.75. The molecule has 2 aromatic heterocycles. The number of nitrogens with zero attached hydrogens (tertiary/aromatic N) is 4. The van der Waals surface area contributed by atoms with Gasteiger partial charge in [-0.1, -0.05) is 30.3 Å². The Hall–Kier alpha value is -2.98. The van der Waals surface area contributed by atoms with E-state index in [1.807, 2.05) is 24.3 Å². The van der Waals surface area contributed by atoms with Gasteiger partial charge in [-0.15, -0.1) is 10.2 Å². The lowest BCUT2D eigenvalue weighted by Gasteiger charge is -2.30. The molecule has 34 heavy (non-hydrogen) atoms. The van der Waals surface area contributed by atoms with E-state index >= 15 is 0 Å². The third-order valence-electron chi connectivity index (χ3n) is 6.54. The number of hydrogen-bond acceptors (Lipinski definition) is 8. The maximum Gasteiger partial charge on any atom is 0.248 e. The number of aromatic nitrogens is 3. The molecular formula is C24H30N6O3S. The predicted molar refractivity (Wildman–Crippen MR) is 131 cm³/mol. The molecule has 0 spiro atoms. The van der Waals surface area contributed by atoms with Gasteiger partial charge in [0, 0.05) is 25.1 Å². The first-order valence-corrected chi connectivity index (χ1v) is 13.6. The Morgan fingerprint density at radius 2 is 1.94 bits per heavy atom. The van der Waals surface area contributed by atoms with Gasteiger partial charge in [0.2, 0.25) is 21.8 Å². The minimum Gasteiger partial charge on any atom is -0.419 e. The summed E-state index contributed by atoms with van der Waals surface area (Å²) in [5, 5.41) is 15.6. The Kier molecular flexibility index (Phi) is 6.26. The van der Waals surface area contributed by atoms with Crippen molar-refractivity contribution < 1.29 is 12.8 Å². The maximum absolute atomic E-state index is 12.2. The summed E-state index contributed by atoms with van der Waals surface area (Å²) in [6, 6.07) is 13.8. The van der Waals surface area contributed by atoms with E-state index in [0.29, 0.717) is 34.9 Å². The van der Waals surface area contributed by atoms with Gasteiger partial charge in [0.1, 0.15) is 11.6 Å². The Balaban J connectivity index is 1.46. The normalized spacial score (nSPS) is 20.8. The van der Waals surface area contributed by atoms with Crippen molar-refractivity contribution >= 4 is 21.7 Å². The molecule has 3 heterocycles. The van der Waals surface area contributed by atoms with Crippen molar-refractivity contribution in [1.82, 2.24) is 20.5 Å². The maximum atomic E-state index is 12.2. The fourth-order valence-electron chi connectivity index (χ4n) is 4.32. The molecule has 1 aromatic carbocycles. The molecule has 5 rings (SSSR count). The summed E-state index contributed by atoms with van der Waals surface area (Å²) in [5.41, 5.74) is 1.87. The van der Waals surface area contributed by atoms with Crippen LogP contribution in [0.3, 0.4) is 0 Å². The second-order valence-corrected chi connectivity index (χ2v) is 11.2. The zero-order chi connectivity index (χ0) is 23.7. The Labute approximate surface area is 200 Å². The summed E-state index contributed by atoms with van der Waals surface area (Å²) in [6.45, 7) is 1.69. The van der Waals surface area contributed by atoms with Crippen molar-refractivity contribution in [3.05, 3.63) is 53.9 Å². The van der Waals surface area contributed by atoms with Gasteiger partial charge >= 0.3 is 0 Å². The van der Waals surface area contributed by atoms with Crippen LogP contribution in [-0.2, 0) is 10.0 Å². The lowest BCUT2D eigenvalue weighted by atomic mass is 9.85. The molecule has 1 saturated carbocycles. The van der Waals surface area contributed by atoms with Gasteiger partial charge in [0.05, 0.1) is 12.3 Å². The second kappa shape index (κ2) is 9.34. The summed E-state index contributed by atoms with van der Waals surface area (Å²) >= 11 is 0. The van der Waals surface area contributed by atoms with Crippen LogP contribution in [0.2, 0.25) is 0 Å². The summed E-state index contributed by atoms with van der Waals surface area (Å²) in [6.07, 6.45) is 5.67. The van der Waals surface area contributed by atoms with Gasteiger partial charge in [-0.3, -0.25) is 4.31 Å². The van der Waals surface area contributed by atoms with Gasteiger partial charge in [-0.25, -0.2) is 13.4 Å². The van der Waals surface area contributed by atoms with Crippen LogP contribution in [0.4, 0.5) is 11.6 Å². The molecule has 2 N–H and O–H groups in total. The van der Waals surface area contributed by atoms with Crippen LogP contribution in [0.15, 0.2) is 46.9 Å². The number of piperidine rings is 1. The Morgan fingerprint density at radius 3 is 2.68 bits per heavy atom. The number of nitrogens with one attached hydrogen (secondary N) is 2. The fraction of sp³-hybridized carbons (Fsp3) is 0.458. The molecule has 3 aromatic rings. The van der Waals surface area contributed by atoms with E-state index in [0.717, 1.165) is 36.5 Å². The lowest BCUT2D eigenvalue weighted by Crippen LogP contribution is -2.33. The van der Waals surface area contributed by atoms with E-state index in [9.17, 15) is 8.42 Å². The van der Waals surface area contributed by atoms with E-state index in [-0.39, 0.29) is 12.0 Å². The highest BCUT2D eigenvalue weighted by atomic mass is 32.2. The third-order valence-corrected chi connectivity index (χ3v) is 7.72. The van der Waals surface area contributed by atoms with Gasteiger partial charge < -0.3 is 15.1 Å². The van der Waals surface area contributed by atoms with Crippen LogP contribution < -0.4 is 14.9 Å². The van der Waals surface area contributed by atoms with Crippen molar-refractivity contribution in [3.8, 4) is 11.5 Å². The van der Waals surface area contributed by atoms with E-state index < -0.39 is 10.0 Å². The third kappa shape index (κ3) is 5.07. The first-order valence-electron chi connectivity index (χ1n) is 11.7. The lowest BCUT2D eigenvalue weighted by molar-refractivity contribution is 0.303. The SMILES string of the molecule is CN(c1cc(-c2nnc(C3NCCCC3c3ccccc3)o2)cc(NCC2CC2)n1)S(C)(=O)=O. The number of rotatable bonds is 8. The molecule has 1 aliphatic carbocycles. The predicted octanol–water partition coefficient (Wildman–Crippen LogP) is 3.56. The van der Waals surface area contributed by atoms with Crippen LogP contribution in [0, 0.1) is 5.92 Å². The topological polar surface area (TPSA) is 113 Å². The number of anilines is 2. The van der Waals surface area contributed by atoms with Gasteiger partial charge in [-0.05, 0) is 55.8 Å². The highest BCUT2D eigenvalue weighted by Crippen LogP contribution is 2.38. The molecule has 1 aliphatic heterocycles. The first-order chi connectivity index (χ1) is 16.4. The Morgan fingerprint density at radius 1 is 1.15 bits per heavy atom. The van der Waals surface area contributed by atoms with Crippen LogP contribution in [0.1, 0.15) is 49.1 Å². The highest BCUT2D eigenvalue weighted by molar-refractivity contribution is 7.92. The van der Waals surface area contributed by atoms with Crippen molar-refractivity contribution in [3.63, 3.8) is 0 Å². The molecule has 0 radical (unpaired) electrons. The highest BCUT2D eigenvalue weighted by Gasteiger charge is 2.32. The second-order valence-electron chi connectivity index (χ2n) is 9.19. The van der Waals surface area contributed by atoms with E-state index in [1.54, 1.807) is 6.07 Å². The largest absolute Gasteiger partial charge is 0.419 e. The molecule has 9 nitrogen and oxygen atoms in total. The summed E-state index contributed by atoms with van der Waals surface area (Å²) in [7, 11) is -1.99. The number of benzene rings is 1. The van der Waals surface area contributed by atoms with Crippen molar-refractivity contribution in [2.45, 2.75) is 37.6 Å². The van der Waals surface area contributed by atoms with E-state index in [1.165, 1.54) is 25.5 Å². The summed E-state index contributed by atoms with van der Waals surface area (Å²) < 4.78 is 31.6. The molecule has 2 unspecified atom stereocenters. The number of sulfonamides is 1. The molecule has 0 bridgehead atoms. The van der Waals surface area contributed by atoms with Gasteiger partial charge in [0.25, 0.3) is 0 Å². The van der Waals surface area contributed by atoms with Gasteiger partial charge in [-0.2, -0.15) is 0 Å². The van der Waals surface area contributed by atoms with E-state index in [2.05, 4.69) is 37.9 Å². The number of hydrogen-bond donors (Lipinski definition) is 2. The standard InChI is InChI=1S/C24H30N6O3S/c1-30(34(2,31)32)21-14-18(13-20(27-21)26-15-16-10-11-16)23-28-29-24(33-23)22-19(9-6-12-25-22)17-7-4-3-5-8-17/h3-5,7-8,13-14,16,19,22,25H,6,9-12,15H2,1-2H3,(H,26,27). The summed E-state index contributed by atoms with van der Waals surface area (Å²) in [5.74, 6) is 2.65. The summed E-state index contributed by atoms with van der Waals surface area (Å²) in [4.78, 5) is 4.51. The molecule has 0 amide bonds. The van der Waals surface area contributed by atoms with E-state index in [4.69, 9.17) is 4.42 Å². The zero-order valence-electron chi connectivity index (χ0n) is 19.4. The number of pyridine rings is 1. The molecule has 2 atom stereocenters. The smallest absolute Gasteiger partial charge is 0.248 e. The molecule has 180 valence electrons. The molecule has 2 fully saturated rings. The van der Waals surface area contributed by atoms with Crippen molar-refractivity contribution in [2.75, 3.05) is 36.0 Å². The van der Waals surface area contributed by atoms with Gasteiger partial charge in [0.15, 0.2) is 0 Å². The molecular weight excluding hydrogens is 452 g/mol. The quantitative estimate of drug-likeness (QED) is 0.501. The van der Waals surface area contributed by atoms with Crippen molar-refractivity contribution in [1.29, 1.82) is 0 Å². The molecule has 2 aliphatic rings. The van der Waals surface area contributed by atoms with Crippen LogP contribution >= 0.6 is 0 Å². The Bertz CT molecular complexity index is 1240. The minimum absolute atomic E-state index is 0.0788. The average molecular weight is 483 g/mol. The average Bonchev–Trinajstić information content (AvgIpc) is 3.55. The molecule has 10 heteroatoms. The van der Waals surface area contributed by atoms with Crippen LogP contribution in [-0.4, -0.2) is 50.0 Å². The van der Waals surface area contributed by atoms with Crippen molar-refractivity contribution in [2.24, 2.45) is 5.92 Å². The zero-order valence-corrected chi connectivity index (χ0v) is 20.3. The first kappa shape index (κ1) is 22.8.